The van der Waals surface area contributed by atoms with Crippen LogP contribution >= 0.6 is 0 Å². The number of fused-ring (bicyclic) bond motifs is 5. The molecule has 1 aromatic heterocycles. The van der Waals surface area contributed by atoms with Gasteiger partial charge in [0, 0.05) is 33.5 Å². The van der Waals surface area contributed by atoms with Gasteiger partial charge < -0.3 is 9.47 Å². The van der Waals surface area contributed by atoms with Crippen molar-refractivity contribution >= 4 is 60.4 Å². The molecule has 9 rings (SSSR count). The van der Waals surface area contributed by atoms with Crippen molar-refractivity contribution in [2.45, 2.75) is 0 Å². The molecule has 0 atom stereocenters. The Bertz CT molecular complexity index is 2460. The number of para-hydroxylation sites is 2. The van der Waals surface area contributed by atoms with Gasteiger partial charge in [-0.15, -0.1) is 0 Å². The normalized spacial score (nSPS) is 11.5. The van der Waals surface area contributed by atoms with Gasteiger partial charge in [0.1, 0.15) is 0 Å². The lowest BCUT2D eigenvalue weighted by atomic mass is 10.0. The average Bonchev–Trinajstić information content (AvgIpc) is 3.46. The van der Waals surface area contributed by atoms with E-state index in [9.17, 15) is 0 Å². The van der Waals surface area contributed by atoms with Crippen molar-refractivity contribution in [3.63, 3.8) is 0 Å². The zero-order valence-corrected chi connectivity index (χ0v) is 25.2. The molecule has 2 nitrogen and oxygen atoms in total. The minimum Gasteiger partial charge on any atom is -0.310 e. The number of benzene rings is 8. The van der Waals surface area contributed by atoms with Crippen LogP contribution in [-0.4, -0.2) is 4.57 Å². The van der Waals surface area contributed by atoms with E-state index in [-0.39, 0.29) is 0 Å². The fourth-order valence-corrected chi connectivity index (χ4v) is 6.91. The maximum absolute atomic E-state index is 2.38. The van der Waals surface area contributed by atoms with Crippen LogP contribution in [0.1, 0.15) is 0 Å². The van der Waals surface area contributed by atoms with E-state index < -0.39 is 0 Å². The molecule has 0 fully saturated rings. The fraction of sp³-hybridized carbons (Fsp3) is 0. The van der Waals surface area contributed by atoms with Crippen molar-refractivity contribution in [1.29, 1.82) is 0 Å². The second-order valence-corrected chi connectivity index (χ2v) is 11.9. The molecule has 0 aliphatic rings. The molecule has 2 heteroatoms. The van der Waals surface area contributed by atoms with Gasteiger partial charge in [0.2, 0.25) is 0 Å². The molecule has 0 aliphatic heterocycles. The molecule has 46 heavy (non-hydrogen) atoms. The van der Waals surface area contributed by atoms with Gasteiger partial charge in [-0.05, 0) is 99.4 Å². The zero-order valence-electron chi connectivity index (χ0n) is 25.2. The number of rotatable bonds is 5. The highest BCUT2D eigenvalue weighted by molar-refractivity contribution is 6.10. The molecule has 0 bridgehead atoms. The number of aromatic nitrogens is 1. The summed E-state index contributed by atoms with van der Waals surface area (Å²) in [5.41, 5.74) is 9.36. The van der Waals surface area contributed by atoms with E-state index in [2.05, 4.69) is 191 Å². The van der Waals surface area contributed by atoms with Gasteiger partial charge in [0.05, 0.1) is 11.0 Å². The third-order valence-corrected chi connectivity index (χ3v) is 9.11. The SMILES string of the molecule is c1ccc(-n2c3ccccc3c3cc(-c4cccc(N(c5ccc6ccccc6c5)c5ccc6ccccc6c5)c4)ccc32)cc1. The first-order chi connectivity index (χ1) is 22.8. The molecule has 0 saturated heterocycles. The monoisotopic (exact) mass is 586 g/mol. The molecule has 0 spiro atoms. The van der Waals surface area contributed by atoms with Crippen LogP contribution in [-0.2, 0) is 0 Å². The van der Waals surface area contributed by atoms with Crippen LogP contribution in [0.4, 0.5) is 17.1 Å². The molecule has 0 radical (unpaired) electrons. The van der Waals surface area contributed by atoms with E-state index in [1.807, 2.05) is 0 Å². The molecule has 0 aliphatic carbocycles. The van der Waals surface area contributed by atoms with Gasteiger partial charge in [0.25, 0.3) is 0 Å². The highest BCUT2D eigenvalue weighted by Gasteiger charge is 2.16. The van der Waals surface area contributed by atoms with Crippen molar-refractivity contribution < 1.29 is 0 Å². The summed E-state index contributed by atoms with van der Waals surface area (Å²) in [6, 6.07) is 65.8. The molecular formula is C44H30N2. The summed E-state index contributed by atoms with van der Waals surface area (Å²) < 4.78 is 2.37. The topological polar surface area (TPSA) is 8.17 Å². The van der Waals surface area contributed by atoms with Crippen molar-refractivity contribution in [3.05, 3.63) is 182 Å². The van der Waals surface area contributed by atoms with Gasteiger partial charge in [-0.25, -0.2) is 0 Å². The number of anilines is 3. The second-order valence-electron chi connectivity index (χ2n) is 11.9. The molecule has 1 heterocycles. The van der Waals surface area contributed by atoms with Crippen molar-refractivity contribution in [1.82, 2.24) is 4.57 Å². The third-order valence-electron chi connectivity index (χ3n) is 9.11. The Kier molecular flexibility index (Phi) is 6.17. The third kappa shape index (κ3) is 4.43. The molecule has 0 N–H and O–H groups in total. The lowest BCUT2D eigenvalue weighted by Crippen LogP contribution is -2.10. The number of hydrogen-bond donors (Lipinski definition) is 0. The maximum Gasteiger partial charge on any atom is 0.0541 e. The largest absolute Gasteiger partial charge is 0.310 e. The molecular weight excluding hydrogens is 556 g/mol. The van der Waals surface area contributed by atoms with Crippen LogP contribution < -0.4 is 4.90 Å². The van der Waals surface area contributed by atoms with Crippen molar-refractivity contribution in [2.24, 2.45) is 0 Å². The Balaban J connectivity index is 1.21. The Morgan fingerprint density at radius 2 is 0.891 bits per heavy atom. The van der Waals surface area contributed by atoms with E-state index in [1.54, 1.807) is 0 Å². The molecule has 0 unspecified atom stereocenters. The minimum absolute atomic E-state index is 1.12. The summed E-state index contributed by atoms with van der Waals surface area (Å²) in [6.07, 6.45) is 0. The first kappa shape index (κ1) is 26.3. The number of nitrogens with zero attached hydrogens (tertiary/aromatic N) is 2. The average molecular weight is 587 g/mol. The molecule has 8 aromatic carbocycles. The zero-order chi connectivity index (χ0) is 30.5. The summed E-state index contributed by atoms with van der Waals surface area (Å²) in [7, 11) is 0. The van der Waals surface area contributed by atoms with Crippen LogP contribution in [0.3, 0.4) is 0 Å². The van der Waals surface area contributed by atoms with E-state index in [4.69, 9.17) is 0 Å². The Morgan fingerprint density at radius 3 is 1.61 bits per heavy atom. The van der Waals surface area contributed by atoms with Gasteiger partial charge in [-0.1, -0.05) is 115 Å². The standard InChI is InChI=1S/C44H30N2/c1-2-16-37(17-3-1)46-43-20-9-8-19-41(43)42-30-36(23-26-44(42)46)35-15-10-18-38(29-35)45(39-24-21-31-11-4-6-13-33(31)27-39)40-25-22-32-12-5-7-14-34(32)28-40/h1-30H. The summed E-state index contributed by atoms with van der Waals surface area (Å²) in [4.78, 5) is 2.38. The van der Waals surface area contributed by atoms with Crippen LogP contribution in [0, 0.1) is 0 Å². The van der Waals surface area contributed by atoms with Crippen LogP contribution in [0.2, 0.25) is 0 Å². The van der Waals surface area contributed by atoms with Gasteiger partial charge >= 0.3 is 0 Å². The Hall–Kier alpha value is -6.12. The summed E-state index contributed by atoms with van der Waals surface area (Å²) in [5.74, 6) is 0. The quantitative estimate of drug-likeness (QED) is 0.195. The number of hydrogen-bond acceptors (Lipinski definition) is 1. The minimum atomic E-state index is 1.12. The van der Waals surface area contributed by atoms with E-state index in [0.717, 1.165) is 17.1 Å². The van der Waals surface area contributed by atoms with Crippen molar-refractivity contribution in [2.75, 3.05) is 4.90 Å². The van der Waals surface area contributed by atoms with Crippen LogP contribution in [0.25, 0.3) is 60.2 Å². The predicted molar refractivity (Wildman–Crippen MR) is 196 cm³/mol. The van der Waals surface area contributed by atoms with Crippen LogP contribution in [0.15, 0.2) is 182 Å². The second kappa shape index (κ2) is 10.8. The smallest absolute Gasteiger partial charge is 0.0541 e. The first-order valence-electron chi connectivity index (χ1n) is 15.8. The van der Waals surface area contributed by atoms with Gasteiger partial charge in [-0.3, -0.25) is 0 Å². The lowest BCUT2D eigenvalue weighted by molar-refractivity contribution is 1.18. The molecule has 9 aromatic rings. The summed E-state index contributed by atoms with van der Waals surface area (Å²) >= 11 is 0. The van der Waals surface area contributed by atoms with Crippen molar-refractivity contribution in [3.8, 4) is 16.8 Å². The van der Waals surface area contributed by atoms with Crippen LogP contribution in [0.5, 0.6) is 0 Å². The maximum atomic E-state index is 2.38. The van der Waals surface area contributed by atoms with E-state index in [1.165, 1.54) is 60.2 Å². The molecule has 216 valence electrons. The highest BCUT2D eigenvalue weighted by atomic mass is 15.1. The highest BCUT2D eigenvalue weighted by Crippen LogP contribution is 2.40. The van der Waals surface area contributed by atoms with E-state index >= 15 is 0 Å². The summed E-state index contributed by atoms with van der Waals surface area (Å²) in [5, 5.41) is 7.43. The van der Waals surface area contributed by atoms with Gasteiger partial charge in [0.15, 0.2) is 0 Å². The molecule has 0 amide bonds. The Labute approximate surface area is 268 Å². The molecule has 0 saturated carbocycles. The predicted octanol–water partition coefficient (Wildman–Crippen LogP) is 12.2. The van der Waals surface area contributed by atoms with Gasteiger partial charge in [-0.2, -0.15) is 0 Å². The first-order valence-corrected chi connectivity index (χ1v) is 15.8. The fourth-order valence-electron chi connectivity index (χ4n) is 6.91. The lowest BCUT2D eigenvalue weighted by Gasteiger charge is -2.26. The summed E-state index contributed by atoms with van der Waals surface area (Å²) in [6.45, 7) is 0. The Morgan fingerprint density at radius 1 is 0.326 bits per heavy atom. The van der Waals surface area contributed by atoms with E-state index in [0.29, 0.717) is 0 Å².